The fourth-order valence-corrected chi connectivity index (χ4v) is 2.66. The molecule has 0 aliphatic rings. The van der Waals surface area contributed by atoms with Gasteiger partial charge in [-0.3, -0.25) is 9.59 Å². The lowest BCUT2D eigenvalue weighted by Gasteiger charge is -2.28. The minimum absolute atomic E-state index is 0.184. The molecule has 0 spiro atoms. The maximum Gasteiger partial charge on any atom is 0.261 e. The zero-order chi connectivity index (χ0) is 20.0. The van der Waals surface area contributed by atoms with Crippen molar-refractivity contribution in [2.75, 3.05) is 13.7 Å². The molecule has 0 fully saturated rings. The van der Waals surface area contributed by atoms with Crippen LogP contribution in [-0.2, 0) is 16.1 Å². The summed E-state index contributed by atoms with van der Waals surface area (Å²) in [5.74, 6) is -0.319. The molecule has 0 saturated heterocycles. The first-order chi connectivity index (χ1) is 12.8. The van der Waals surface area contributed by atoms with Gasteiger partial charge in [-0.2, -0.15) is 0 Å². The Balaban J connectivity index is 2.15. The second-order valence-electron chi connectivity index (χ2n) is 6.50. The minimum atomic E-state index is -0.685. The topological polar surface area (TPSA) is 58.6 Å². The third-order valence-electron chi connectivity index (χ3n) is 4.37. The SMILES string of the molecule is CNC(=O)[C@H](C)N(Cc1ccc(F)cc1)C(=O)COc1cc(C)ccc1C. The highest BCUT2D eigenvalue weighted by atomic mass is 19.1. The molecule has 0 unspecified atom stereocenters. The molecule has 0 aliphatic carbocycles. The number of halogens is 1. The van der Waals surface area contributed by atoms with E-state index in [4.69, 9.17) is 4.74 Å². The van der Waals surface area contributed by atoms with Gasteiger partial charge in [-0.25, -0.2) is 4.39 Å². The Hall–Kier alpha value is -2.89. The molecule has 5 nitrogen and oxygen atoms in total. The van der Waals surface area contributed by atoms with Crippen LogP contribution < -0.4 is 10.1 Å². The molecule has 0 aliphatic heterocycles. The smallest absolute Gasteiger partial charge is 0.261 e. The first-order valence-corrected chi connectivity index (χ1v) is 8.77. The van der Waals surface area contributed by atoms with Gasteiger partial charge < -0.3 is 15.0 Å². The molecule has 6 heteroatoms. The Kier molecular flexibility index (Phi) is 6.93. The third-order valence-corrected chi connectivity index (χ3v) is 4.37. The van der Waals surface area contributed by atoms with E-state index in [1.165, 1.54) is 24.1 Å². The van der Waals surface area contributed by atoms with Crippen LogP contribution >= 0.6 is 0 Å². The number of likely N-dealkylation sites (N-methyl/N-ethyl adjacent to an activating group) is 1. The standard InChI is InChI=1S/C21H25FN2O3/c1-14-5-6-15(2)19(11-14)27-13-20(25)24(16(3)21(26)23-4)12-17-7-9-18(22)10-8-17/h5-11,16H,12-13H2,1-4H3,(H,23,26)/t16-/m0/s1. The van der Waals surface area contributed by atoms with Crippen LogP contribution in [-0.4, -0.2) is 36.4 Å². The fourth-order valence-electron chi connectivity index (χ4n) is 2.66. The van der Waals surface area contributed by atoms with Gasteiger partial charge in [0.05, 0.1) is 0 Å². The van der Waals surface area contributed by atoms with Crippen LogP contribution in [0.25, 0.3) is 0 Å². The lowest BCUT2D eigenvalue weighted by molar-refractivity contribution is -0.142. The molecule has 0 heterocycles. The number of rotatable bonds is 7. The van der Waals surface area contributed by atoms with E-state index in [9.17, 15) is 14.0 Å². The highest BCUT2D eigenvalue weighted by Gasteiger charge is 2.26. The number of hydrogen-bond donors (Lipinski definition) is 1. The molecule has 2 rings (SSSR count). The van der Waals surface area contributed by atoms with Crippen LogP contribution in [0.1, 0.15) is 23.6 Å². The molecule has 1 N–H and O–H groups in total. The van der Waals surface area contributed by atoms with Crippen molar-refractivity contribution in [3.63, 3.8) is 0 Å². The van der Waals surface area contributed by atoms with Crippen molar-refractivity contribution in [3.8, 4) is 5.75 Å². The van der Waals surface area contributed by atoms with Crippen molar-refractivity contribution in [2.45, 2.75) is 33.4 Å². The van der Waals surface area contributed by atoms with Gasteiger partial charge in [-0.1, -0.05) is 24.3 Å². The maximum atomic E-state index is 13.1. The molecule has 0 saturated carbocycles. The Morgan fingerprint density at radius 3 is 2.44 bits per heavy atom. The van der Waals surface area contributed by atoms with Gasteiger partial charge >= 0.3 is 0 Å². The minimum Gasteiger partial charge on any atom is -0.483 e. The van der Waals surface area contributed by atoms with E-state index in [1.54, 1.807) is 19.1 Å². The Bertz CT molecular complexity index is 806. The lowest BCUT2D eigenvalue weighted by Crippen LogP contribution is -2.48. The van der Waals surface area contributed by atoms with Gasteiger partial charge in [0.2, 0.25) is 5.91 Å². The van der Waals surface area contributed by atoms with E-state index >= 15 is 0 Å². The second kappa shape index (κ2) is 9.16. The van der Waals surface area contributed by atoms with Crippen LogP contribution in [0.15, 0.2) is 42.5 Å². The van der Waals surface area contributed by atoms with Crippen molar-refractivity contribution >= 4 is 11.8 Å². The molecule has 2 aromatic carbocycles. The predicted octanol–water partition coefficient (Wildman–Crippen LogP) is 2.98. The number of nitrogens with zero attached hydrogens (tertiary/aromatic N) is 1. The monoisotopic (exact) mass is 372 g/mol. The van der Waals surface area contributed by atoms with Gasteiger partial charge in [0.25, 0.3) is 5.91 Å². The first-order valence-electron chi connectivity index (χ1n) is 8.77. The summed E-state index contributed by atoms with van der Waals surface area (Å²) in [4.78, 5) is 26.3. The summed E-state index contributed by atoms with van der Waals surface area (Å²) < 4.78 is 18.8. The summed E-state index contributed by atoms with van der Waals surface area (Å²) in [5, 5.41) is 2.55. The van der Waals surface area contributed by atoms with Gasteiger partial charge in [0.1, 0.15) is 17.6 Å². The lowest BCUT2D eigenvalue weighted by atomic mass is 10.1. The summed E-state index contributed by atoms with van der Waals surface area (Å²) in [6.07, 6.45) is 0. The van der Waals surface area contributed by atoms with E-state index in [-0.39, 0.29) is 30.8 Å². The number of carbonyl (C=O) groups excluding carboxylic acids is 2. The first kappa shape index (κ1) is 20.4. The number of nitrogens with one attached hydrogen (secondary N) is 1. The van der Waals surface area contributed by atoms with Gasteiger partial charge in [0.15, 0.2) is 6.61 Å². The normalized spacial score (nSPS) is 11.6. The van der Waals surface area contributed by atoms with Crippen LogP contribution in [0.3, 0.4) is 0 Å². The molecule has 0 radical (unpaired) electrons. The highest BCUT2D eigenvalue weighted by Crippen LogP contribution is 2.19. The quantitative estimate of drug-likeness (QED) is 0.813. The van der Waals surface area contributed by atoms with Crippen LogP contribution in [0, 0.1) is 19.7 Å². The van der Waals surface area contributed by atoms with Gasteiger partial charge in [-0.05, 0) is 55.7 Å². The summed E-state index contributed by atoms with van der Waals surface area (Å²) in [7, 11) is 1.52. The van der Waals surface area contributed by atoms with E-state index in [0.717, 1.165) is 16.7 Å². The molecule has 2 amide bonds. The molecule has 144 valence electrons. The van der Waals surface area contributed by atoms with Crippen LogP contribution in [0.2, 0.25) is 0 Å². The highest BCUT2D eigenvalue weighted by molar-refractivity contribution is 5.87. The summed E-state index contributed by atoms with van der Waals surface area (Å²) in [5.41, 5.74) is 2.69. The fraction of sp³-hybridized carbons (Fsp3) is 0.333. The van der Waals surface area contributed by atoms with Crippen molar-refractivity contribution in [1.82, 2.24) is 10.2 Å². The molecule has 1 atom stereocenters. The number of hydrogen-bond acceptors (Lipinski definition) is 3. The summed E-state index contributed by atoms with van der Waals surface area (Å²) in [6, 6.07) is 10.9. The molecule has 2 aromatic rings. The van der Waals surface area contributed by atoms with Gasteiger partial charge in [0, 0.05) is 13.6 Å². The molecule has 0 bridgehead atoms. The Labute approximate surface area is 159 Å². The molecular formula is C21H25FN2O3. The Morgan fingerprint density at radius 2 is 1.81 bits per heavy atom. The van der Waals surface area contributed by atoms with Crippen LogP contribution in [0.4, 0.5) is 4.39 Å². The Morgan fingerprint density at radius 1 is 1.15 bits per heavy atom. The number of amides is 2. The average molecular weight is 372 g/mol. The van der Waals surface area contributed by atoms with Gasteiger partial charge in [-0.15, -0.1) is 0 Å². The summed E-state index contributed by atoms with van der Waals surface area (Å²) in [6.45, 7) is 5.50. The largest absolute Gasteiger partial charge is 0.483 e. The zero-order valence-electron chi connectivity index (χ0n) is 16.1. The van der Waals surface area contributed by atoms with Crippen molar-refractivity contribution in [2.24, 2.45) is 0 Å². The average Bonchev–Trinajstić information content (AvgIpc) is 2.66. The van der Waals surface area contributed by atoms with E-state index in [2.05, 4.69) is 5.32 Å². The van der Waals surface area contributed by atoms with Crippen LogP contribution in [0.5, 0.6) is 5.75 Å². The second-order valence-corrected chi connectivity index (χ2v) is 6.50. The van der Waals surface area contributed by atoms with Crippen molar-refractivity contribution in [1.29, 1.82) is 0 Å². The van der Waals surface area contributed by atoms with E-state index < -0.39 is 6.04 Å². The molecular weight excluding hydrogens is 347 g/mol. The van der Waals surface area contributed by atoms with E-state index in [0.29, 0.717) is 5.75 Å². The maximum absolute atomic E-state index is 13.1. The number of ether oxygens (including phenoxy) is 1. The zero-order valence-corrected chi connectivity index (χ0v) is 16.1. The molecule has 27 heavy (non-hydrogen) atoms. The summed E-state index contributed by atoms with van der Waals surface area (Å²) >= 11 is 0. The third kappa shape index (κ3) is 5.54. The van der Waals surface area contributed by atoms with Crippen molar-refractivity contribution in [3.05, 3.63) is 65.0 Å². The molecule has 0 aromatic heterocycles. The van der Waals surface area contributed by atoms with Crippen molar-refractivity contribution < 1.29 is 18.7 Å². The van der Waals surface area contributed by atoms with E-state index in [1.807, 2.05) is 32.0 Å². The number of aryl methyl sites for hydroxylation is 2. The number of carbonyl (C=O) groups is 2. The number of benzene rings is 2. The predicted molar refractivity (Wildman–Crippen MR) is 102 cm³/mol.